The van der Waals surface area contributed by atoms with Crippen molar-refractivity contribution in [1.29, 1.82) is 0 Å². The van der Waals surface area contributed by atoms with Crippen molar-refractivity contribution in [3.05, 3.63) is 0 Å². The number of rotatable bonds is 7. The van der Waals surface area contributed by atoms with Gasteiger partial charge in [-0.1, -0.05) is 0 Å². The van der Waals surface area contributed by atoms with E-state index in [1.165, 1.54) is 0 Å². The molecule has 1 fully saturated rings. The maximum Gasteiger partial charge on any atom is 0.0801 e. The van der Waals surface area contributed by atoms with Crippen LogP contribution in [0.2, 0.25) is 0 Å². The zero-order chi connectivity index (χ0) is 10.6. The van der Waals surface area contributed by atoms with Crippen molar-refractivity contribution in [3.63, 3.8) is 0 Å². The molecule has 1 N–H and O–H groups in total. The van der Waals surface area contributed by atoms with Crippen molar-refractivity contribution in [2.45, 2.75) is 44.8 Å². The van der Waals surface area contributed by atoms with E-state index in [4.69, 9.17) is 9.47 Å². The van der Waals surface area contributed by atoms with E-state index in [9.17, 15) is 5.11 Å². The van der Waals surface area contributed by atoms with Gasteiger partial charge in [0, 0.05) is 13.7 Å². The summed E-state index contributed by atoms with van der Waals surface area (Å²) in [7, 11) is 1.71. The summed E-state index contributed by atoms with van der Waals surface area (Å²) in [5.41, 5.74) is -0.121. The molecule has 3 nitrogen and oxygen atoms in total. The fourth-order valence-electron chi connectivity index (χ4n) is 1.24. The maximum absolute atomic E-state index is 9.52. The molecule has 0 aliphatic heterocycles. The number of hydrogen-bond acceptors (Lipinski definition) is 3. The van der Waals surface area contributed by atoms with Crippen molar-refractivity contribution < 1.29 is 14.6 Å². The average molecular weight is 202 g/mol. The highest BCUT2D eigenvalue weighted by atomic mass is 16.5. The zero-order valence-corrected chi connectivity index (χ0v) is 9.45. The summed E-state index contributed by atoms with van der Waals surface area (Å²) in [5.74, 6) is 0.505. The van der Waals surface area contributed by atoms with E-state index in [2.05, 4.69) is 0 Å². The molecule has 1 rings (SSSR count). The molecule has 1 atom stereocenters. The van der Waals surface area contributed by atoms with Crippen LogP contribution >= 0.6 is 0 Å². The average Bonchev–Trinajstić information content (AvgIpc) is 2.95. The van der Waals surface area contributed by atoms with Crippen LogP contribution in [-0.2, 0) is 9.47 Å². The highest BCUT2D eigenvalue weighted by Crippen LogP contribution is 2.32. The van der Waals surface area contributed by atoms with Crippen molar-refractivity contribution in [2.24, 2.45) is 5.92 Å². The van der Waals surface area contributed by atoms with Crippen LogP contribution in [0.4, 0.5) is 0 Å². The molecular formula is C11H22O3. The molecule has 0 radical (unpaired) electrons. The standard InChI is InChI=1S/C11H22O3/c1-11(2,13-3)6-7-14-8-10(12)9-4-5-9/h9-10,12H,4-8H2,1-3H3. The Labute approximate surface area is 86.4 Å². The largest absolute Gasteiger partial charge is 0.390 e. The summed E-state index contributed by atoms with van der Waals surface area (Å²) in [4.78, 5) is 0. The van der Waals surface area contributed by atoms with Crippen molar-refractivity contribution in [1.82, 2.24) is 0 Å². The Kier molecular flexibility index (Phi) is 4.35. The third kappa shape index (κ3) is 4.40. The highest BCUT2D eigenvalue weighted by molar-refractivity contribution is 4.80. The minimum Gasteiger partial charge on any atom is -0.390 e. The third-order valence-electron chi connectivity index (χ3n) is 2.86. The molecule has 1 saturated carbocycles. The Bertz CT molecular complexity index is 164. The minimum absolute atomic E-state index is 0.121. The lowest BCUT2D eigenvalue weighted by atomic mass is 10.1. The maximum atomic E-state index is 9.52. The van der Waals surface area contributed by atoms with Gasteiger partial charge in [-0.05, 0) is 39.0 Å². The lowest BCUT2D eigenvalue weighted by Crippen LogP contribution is -2.26. The van der Waals surface area contributed by atoms with Gasteiger partial charge in [-0.25, -0.2) is 0 Å². The van der Waals surface area contributed by atoms with Gasteiger partial charge in [-0.2, -0.15) is 0 Å². The van der Waals surface area contributed by atoms with Crippen molar-refractivity contribution in [3.8, 4) is 0 Å². The molecule has 0 bridgehead atoms. The van der Waals surface area contributed by atoms with Crippen LogP contribution in [0.5, 0.6) is 0 Å². The first-order chi connectivity index (χ1) is 6.55. The smallest absolute Gasteiger partial charge is 0.0801 e. The van der Waals surface area contributed by atoms with E-state index >= 15 is 0 Å². The normalized spacial score (nSPS) is 19.7. The van der Waals surface area contributed by atoms with Crippen LogP contribution in [0.3, 0.4) is 0 Å². The summed E-state index contributed by atoms with van der Waals surface area (Å²) >= 11 is 0. The van der Waals surface area contributed by atoms with Gasteiger partial charge in [0.1, 0.15) is 0 Å². The number of methoxy groups -OCH3 is 1. The van der Waals surface area contributed by atoms with Gasteiger partial charge in [0.2, 0.25) is 0 Å². The molecule has 0 heterocycles. The Morgan fingerprint density at radius 3 is 2.57 bits per heavy atom. The monoisotopic (exact) mass is 202 g/mol. The highest BCUT2D eigenvalue weighted by Gasteiger charge is 2.29. The van der Waals surface area contributed by atoms with Gasteiger partial charge in [0.05, 0.1) is 18.3 Å². The summed E-state index contributed by atoms with van der Waals surface area (Å²) in [6.45, 7) is 5.20. The topological polar surface area (TPSA) is 38.7 Å². The van der Waals surface area contributed by atoms with Crippen LogP contribution in [0, 0.1) is 5.92 Å². The second kappa shape index (κ2) is 5.10. The molecule has 0 amide bonds. The number of aliphatic hydroxyl groups excluding tert-OH is 1. The minimum atomic E-state index is -0.249. The van der Waals surface area contributed by atoms with E-state index in [0.29, 0.717) is 19.1 Å². The first kappa shape index (κ1) is 12.0. The molecule has 84 valence electrons. The predicted molar refractivity (Wildman–Crippen MR) is 55.3 cm³/mol. The predicted octanol–water partition coefficient (Wildman–Crippen LogP) is 1.59. The van der Waals surface area contributed by atoms with Crippen molar-refractivity contribution >= 4 is 0 Å². The van der Waals surface area contributed by atoms with Crippen LogP contribution in [0.1, 0.15) is 33.1 Å². The van der Waals surface area contributed by atoms with E-state index in [0.717, 1.165) is 19.3 Å². The van der Waals surface area contributed by atoms with Gasteiger partial charge >= 0.3 is 0 Å². The second-order valence-electron chi connectivity index (χ2n) is 4.69. The van der Waals surface area contributed by atoms with Crippen LogP contribution < -0.4 is 0 Å². The summed E-state index contributed by atoms with van der Waals surface area (Å²) in [6, 6.07) is 0. The van der Waals surface area contributed by atoms with Gasteiger partial charge in [0.25, 0.3) is 0 Å². The molecule has 1 aliphatic carbocycles. The quantitative estimate of drug-likeness (QED) is 0.637. The first-order valence-electron chi connectivity index (χ1n) is 5.36. The molecule has 0 aromatic rings. The SMILES string of the molecule is COC(C)(C)CCOCC(O)C1CC1. The van der Waals surface area contributed by atoms with Crippen LogP contribution in [0.25, 0.3) is 0 Å². The second-order valence-corrected chi connectivity index (χ2v) is 4.69. The molecule has 14 heavy (non-hydrogen) atoms. The van der Waals surface area contributed by atoms with E-state index in [1.54, 1.807) is 7.11 Å². The molecule has 1 unspecified atom stereocenters. The molecule has 0 saturated heterocycles. The summed E-state index contributed by atoms with van der Waals surface area (Å²) in [5, 5.41) is 9.52. The van der Waals surface area contributed by atoms with E-state index in [1.807, 2.05) is 13.8 Å². The molecule has 3 heteroatoms. The van der Waals surface area contributed by atoms with Gasteiger partial charge in [-0.3, -0.25) is 0 Å². The van der Waals surface area contributed by atoms with E-state index in [-0.39, 0.29) is 11.7 Å². The molecule has 0 spiro atoms. The molecule has 0 aromatic heterocycles. The zero-order valence-electron chi connectivity index (χ0n) is 9.45. The fraction of sp³-hybridized carbons (Fsp3) is 1.00. The third-order valence-corrected chi connectivity index (χ3v) is 2.86. The van der Waals surface area contributed by atoms with Gasteiger partial charge in [-0.15, -0.1) is 0 Å². The van der Waals surface area contributed by atoms with Gasteiger partial charge in [0.15, 0.2) is 0 Å². The Morgan fingerprint density at radius 2 is 2.07 bits per heavy atom. The van der Waals surface area contributed by atoms with Crippen molar-refractivity contribution in [2.75, 3.05) is 20.3 Å². The molecular weight excluding hydrogens is 180 g/mol. The molecule has 0 aromatic carbocycles. The Balaban J connectivity index is 1.98. The van der Waals surface area contributed by atoms with Crippen LogP contribution in [0.15, 0.2) is 0 Å². The van der Waals surface area contributed by atoms with E-state index < -0.39 is 0 Å². The lowest BCUT2D eigenvalue weighted by Gasteiger charge is -2.22. The van der Waals surface area contributed by atoms with Gasteiger partial charge < -0.3 is 14.6 Å². The Hall–Kier alpha value is -0.120. The summed E-state index contributed by atoms with van der Waals surface area (Å²) < 4.78 is 10.7. The molecule has 1 aliphatic rings. The Morgan fingerprint density at radius 1 is 1.43 bits per heavy atom. The number of aliphatic hydroxyl groups is 1. The first-order valence-corrected chi connectivity index (χ1v) is 5.36. The summed E-state index contributed by atoms with van der Waals surface area (Å²) in [6.07, 6.45) is 2.93. The lowest BCUT2D eigenvalue weighted by molar-refractivity contribution is -0.0275. The number of hydrogen-bond donors (Lipinski definition) is 1. The van der Waals surface area contributed by atoms with Crippen LogP contribution in [-0.4, -0.2) is 37.1 Å². The number of ether oxygens (including phenoxy) is 2. The fourth-order valence-corrected chi connectivity index (χ4v) is 1.24.